The Balaban J connectivity index is 1.83. The lowest BCUT2D eigenvalue weighted by Gasteiger charge is -2.39. The van der Waals surface area contributed by atoms with E-state index in [-0.39, 0.29) is 0 Å². The Bertz CT molecular complexity index is 502. The third-order valence-electron chi connectivity index (χ3n) is 4.25. The molecule has 0 aromatic rings. The summed E-state index contributed by atoms with van der Waals surface area (Å²) in [5.41, 5.74) is 7.35. The molecule has 5 atom stereocenters. The van der Waals surface area contributed by atoms with Gasteiger partial charge in [0, 0.05) is 17.2 Å². The van der Waals surface area contributed by atoms with Gasteiger partial charge in [-0.2, -0.15) is 0 Å². The fourth-order valence-corrected chi connectivity index (χ4v) is 3.59. The Morgan fingerprint density at radius 3 is 1.75 bits per heavy atom. The molecule has 1 fully saturated rings. The van der Waals surface area contributed by atoms with E-state index in [1.54, 1.807) is 0 Å². The van der Waals surface area contributed by atoms with Crippen LogP contribution in [0.4, 0.5) is 0 Å². The van der Waals surface area contributed by atoms with Crippen LogP contribution in [0.5, 0.6) is 0 Å². The molecule has 0 radical (unpaired) electrons. The molecule has 0 aliphatic carbocycles. The lowest BCUT2D eigenvalue weighted by atomic mass is 10.0. The molecular formula is C18H35N3O10S. The van der Waals surface area contributed by atoms with Crippen molar-refractivity contribution in [2.45, 2.75) is 29.9 Å². The van der Waals surface area contributed by atoms with E-state index in [1.807, 2.05) is 0 Å². The summed E-state index contributed by atoms with van der Waals surface area (Å²) in [5.74, 6) is 0.505. The van der Waals surface area contributed by atoms with Crippen molar-refractivity contribution in [3.63, 3.8) is 0 Å². The molecule has 0 unspecified atom stereocenters. The standard InChI is InChI=1S/C18H35N3O10S/c19-21-20-1-2-26-3-4-27-5-6-28-7-8-29-9-10-30-11-12-32-18-17(25)16(24)15(23)14(13-22)31-18/h14-18,22-25H,1-13H2/t14-,15-,16+,17+,18-/m1/s1. The summed E-state index contributed by atoms with van der Waals surface area (Å²) in [5, 5.41) is 41.9. The first-order valence-electron chi connectivity index (χ1n) is 10.4. The zero-order valence-electron chi connectivity index (χ0n) is 18.1. The van der Waals surface area contributed by atoms with Gasteiger partial charge in [-0.1, -0.05) is 5.11 Å². The van der Waals surface area contributed by atoms with Crippen molar-refractivity contribution >= 4 is 11.8 Å². The van der Waals surface area contributed by atoms with E-state index in [2.05, 4.69) is 10.0 Å². The summed E-state index contributed by atoms with van der Waals surface area (Å²) in [6, 6.07) is 0. The van der Waals surface area contributed by atoms with Gasteiger partial charge in [0.1, 0.15) is 29.9 Å². The third-order valence-corrected chi connectivity index (χ3v) is 5.37. The predicted octanol–water partition coefficient (Wildman–Crippen LogP) is -1.09. The van der Waals surface area contributed by atoms with Crippen LogP contribution in [0.3, 0.4) is 0 Å². The first-order chi connectivity index (χ1) is 15.6. The highest BCUT2D eigenvalue weighted by Gasteiger charge is 2.43. The summed E-state index contributed by atoms with van der Waals surface area (Å²) < 4.78 is 32.1. The highest BCUT2D eigenvalue weighted by atomic mass is 32.2. The second-order valence-electron chi connectivity index (χ2n) is 6.58. The van der Waals surface area contributed by atoms with E-state index in [0.717, 1.165) is 0 Å². The minimum absolute atomic E-state index is 0.311. The van der Waals surface area contributed by atoms with Crippen molar-refractivity contribution in [2.75, 3.05) is 85.0 Å². The van der Waals surface area contributed by atoms with Gasteiger partial charge >= 0.3 is 0 Å². The van der Waals surface area contributed by atoms with Crippen LogP contribution in [0.25, 0.3) is 10.4 Å². The van der Waals surface area contributed by atoms with Gasteiger partial charge in [-0.05, 0) is 5.53 Å². The molecule has 13 nitrogen and oxygen atoms in total. The van der Waals surface area contributed by atoms with Crippen LogP contribution >= 0.6 is 11.8 Å². The number of thioether (sulfide) groups is 1. The maximum absolute atomic E-state index is 9.94. The van der Waals surface area contributed by atoms with Crippen molar-refractivity contribution in [1.82, 2.24) is 0 Å². The zero-order valence-corrected chi connectivity index (χ0v) is 18.9. The van der Waals surface area contributed by atoms with Gasteiger partial charge in [-0.25, -0.2) is 0 Å². The van der Waals surface area contributed by atoms with Gasteiger partial charge in [0.25, 0.3) is 0 Å². The second kappa shape index (κ2) is 19.7. The van der Waals surface area contributed by atoms with Crippen LogP contribution < -0.4 is 0 Å². The maximum Gasteiger partial charge on any atom is 0.132 e. The zero-order chi connectivity index (χ0) is 23.4. The van der Waals surface area contributed by atoms with E-state index in [1.165, 1.54) is 11.8 Å². The molecule has 14 heteroatoms. The highest BCUT2D eigenvalue weighted by Crippen LogP contribution is 2.28. The van der Waals surface area contributed by atoms with Crippen molar-refractivity contribution in [3.05, 3.63) is 10.4 Å². The molecule has 1 heterocycles. The molecule has 0 aromatic heterocycles. The fraction of sp³-hybridized carbons (Fsp3) is 1.00. The number of aliphatic hydroxyl groups excluding tert-OH is 4. The fourth-order valence-electron chi connectivity index (χ4n) is 2.56. The van der Waals surface area contributed by atoms with Gasteiger partial charge in [0.2, 0.25) is 0 Å². The molecule has 1 saturated heterocycles. The molecule has 32 heavy (non-hydrogen) atoms. The SMILES string of the molecule is [N-]=[N+]=NCCOCCOCCOCCOCCOCCS[C@H]1O[C@H](CO)[C@@H](O)[C@H](O)[C@@H]1O. The maximum atomic E-state index is 9.94. The van der Waals surface area contributed by atoms with Crippen LogP contribution in [0.1, 0.15) is 0 Å². The molecule has 1 rings (SSSR count). The number of nitrogens with zero attached hydrogens (tertiary/aromatic N) is 3. The summed E-state index contributed by atoms with van der Waals surface area (Å²) in [7, 11) is 0. The van der Waals surface area contributed by atoms with Crippen LogP contribution in [-0.2, 0) is 28.4 Å². The largest absolute Gasteiger partial charge is 0.394 e. The minimum Gasteiger partial charge on any atom is -0.394 e. The molecule has 4 N–H and O–H groups in total. The van der Waals surface area contributed by atoms with Gasteiger partial charge in [0.05, 0.1) is 72.7 Å². The summed E-state index contributed by atoms with van der Waals surface area (Å²) >= 11 is 1.24. The van der Waals surface area contributed by atoms with Crippen LogP contribution in [0.15, 0.2) is 5.11 Å². The molecule has 1 aliphatic rings. The molecule has 0 bridgehead atoms. The Labute approximate surface area is 191 Å². The molecule has 1 aliphatic heterocycles. The number of aliphatic hydroxyl groups is 4. The monoisotopic (exact) mass is 485 g/mol. The number of ether oxygens (including phenoxy) is 6. The smallest absolute Gasteiger partial charge is 0.132 e. The van der Waals surface area contributed by atoms with E-state index < -0.39 is 36.5 Å². The number of hydrogen-bond acceptors (Lipinski definition) is 12. The lowest BCUT2D eigenvalue weighted by Crippen LogP contribution is -2.57. The number of azide groups is 1. The second-order valence-corrected chi connectivity index (χ2v) is 7.79. The van der Waals surface area contributed by atoms with Crippen LogP contribution in [0, 0.1) is 0 Å². The predicted molar refractivity (Wildman–Crippen MR) is 114 cm³/mol. The average molecular weight is 486 g/mol. The first-order valence-corrected chi connectivity index (χ1v) is 11.5. The molecule has 0 spiro atoms. The van der Waals surface area contributed by atoms with Gasteiger partial charge in [0.15, 0.2) is 0 Å². The average Bonchev–Trinajstić information content (AvgIpc) is 2.80. The summed E-state index contributed by atoms with van der Waals surface area (Å²) in [4.78, 5) is 2.62. The Morgan fingerprint density at radius 1 is 0.750 bits per heavy atom. The van der Waals surface area contributed by atoms with Crippen molar-refractivity contribution < 1.29 is 48.8 Å². The molecule has 0 saturated carbocycles. The Kier molecular flexibility index (Phi) is 18.0. The van der Waals surface area contributed by atoms with Crippen molar-refractivity contribution in [2.24, 2.45) is 5.11 Å². The first kappa shape index (κ1) is 29.3. The van der Waals surface area contributed by atoms with E-state index in [9.17, 15) is 15.3 Å². The van der Waals surface area contributed by atoms with Crippen LogP contribution in [0.2, 0.25) is 0 Å². The highest BCUT2D eigenvalue weighted by molar-refractivity contribution is 7.99. The summed E-state index contributed by atoms with van der Waals surface area (Å²) in [6.45, 7) is 4.12. The topological polar surface area (TPSA) is 185 Å². The Morgan fingerprint density at radius 2 is 1.25 bits per heavy atom. The Hall–Kier alpha value is -0.740. The third kappa shape index (κ3) is 13.1. The summed E-state index contributed by atoms with van der Waals surface area (Å²) in [6.07, 6.45) is -4.85. The molecule has 0 amide bonds. The quantitative estimate of drug-likeness (QED) is 0.0711. The van der Waals surface area contributed by atoms with Gasteiger partial charge in [-0.15, -0.1) is 11.8 Å². The van der Waals surface area contributed by atoms with Crippen molar-refractivity contribution in [1.29, 1.82) is 0 Å². The van der Waals surface area contributed by atoms with E-state index in [4.69, 9.17) is 39.1 Å². The normalized spacial score (nSPS) is 25.6. The van der Waals surface area contributed by atoms with E-state index >= 15 is 0 Å². The number of hydrogen-bond donors (Lipinski definition) is 4. The minimum atomic E-state index is -1.36. The van der Waals surface area contributed by atoms with Crippen LogP contribution in [-0.4, -0.2) is 135 Å². The molecular weight excluding hydrogens is 450 g/mol. The van der Waals surface area contributed by atoms with Crippen molar-refractivity contribution in [3.8, 4) is 0 Å². The van der Waals surface area contributed by atoms with Gasteiger partial charge in [-0.3, -0.25) is 0 Å². The lowest BCUT2D eigenvalue weighted by molar-refractivity contribution is -0.205. The number of rotatable bonds is 20. The molecule has 0 aromatic carbocycles. The van der Waals surface area contributed by atoms with E-state index in [0.29, 0.717) is 78.4 Å². The molecule has 188 valence electrons. The van der Waals surface area contributed by atoms with Gasteiger partial charge < -0.3 is 48.8 Å².